The summed E-state index contributed by atoms with van der Waals surface area (Å²) in [6.45, 7) is 0. The SMILES string of the molecule is N[C@@H](CS)C(=O)Oc1ccc([N+](=O)[O-])cc1. The number of nitrogens with zero attached hydrogens (tertiary/aromatic N) is 1. The molecule has 0 saturated heterocycles. The summed E-state index contributed by atoms with van der Waals surface area (Å²) < 4.78 is 4.87. The first-order valence-corrected chi connectivity index (χ1v) is 5.00. The van der Waals surface area contributed by atoms with Crippen molar-refractivity contribution in [1.29, 1.82) is 0 Å². The van der Waals surface area contributed by atoms with E-state index in [1.807, 2.05) is 0 Å². The van der Waals surface area contributed by atoms with Gasteiger partial charge in [-0.1, -0.05) is 0 Å². The molecule has 0 aliphatic rings. The van der Waals surface area contributed by atoms with E-state index in [0.717, 1.165) is 0 Å². The van der Waals surface area contributed by atoms with Gasteiger partial charge in [0.1, 0.15) is 11.8 Å². The molecule has 0 aliphatic heterocycles. The van der Waals surface area contributed by atoms with Gasteiger partial charge in [-0.3, -0.25) is 10.1 Å². The maximum absolute atomic E-state index is 11.2. The van der Waals surface area contributed by atoms with Crippen LogP contribution in [0.4, 0.5) is 5.69 Å². The molecule has 0 amide bonds. The predicted molar refractivity (Wildman–Crippen MR) is 60.6 cm³/mol. The van der Waals surface area contributed by atoms with Crippen molar-refractivity contribution in [3.05, 3.63) is 34.4 Å². The van der Waals surface area contributed by atoms with Gasteiger partial charge in [-0.2, -0.15) is 12.6 Å². The molecule has 16 heavy (non-hydrogen) atoms. The first-order valence-electron chi connectivity index (χ1n) is 4.37. The molecular weight excluding hydrogens is 232 g/mol. The fourth-order valence-corrected chi connectivity index (χ4v) is 1.05. The lowest BCUT2D eigenvalue weighted by molar-refractivity contribution is -0.384. The lowest BCUT2D eigenvalue weighted by atomic mass is 10.3. The van der Waals surface area contributed by atoms with Gasteiger partial charge >= 0.3 is 5.97 Å². The second kappa shape index (κ2) is 5.47. The number of thiol groups is 1. The molecule has 7 heteroatoms. The Morgan fingerprint density at radius 3 is 2.50 bits per heavy atom. The molecule has 0 saturated carbocycles. The average Bonchev–Trinajstić information content (AvgIpc) is 2.28. The average molecular weight is 242 g/mol. The minimum atomic E-state index is -0.807. The van der Waals surface area contributed by atoms with Crippen LogP contribution in [0.25, 0.3) is 0 Å². The van der Waals surface area contributed by atoms with Gasteiger partial charge in [-0.05, 0) is 12.1 Å². The molecule has 0 bridgehead atoms. The van der Waals surface area contributed by atoms with Crippen molar-refractivity contribution in [2.75, 3.05) is 5.75 Å². The number of benzene rings is 1. The number of esters is 1. The molecule has 0 aliphatic carbocycles. The summed E-state index contributed by atoms with van der Waals surface area (Å²) in [7, 11) is 0. The second-order valence-electron chi connectivity index (χ2n) is 2.96. The van der Waals surface area contributed by atoms with Crippen LogP contribution >= 0.6 is 12.6 Å². The molecule has 0 heterocycles. The number of hydrogen-bond acceptors (Lipinski definition) is 6. The van der Waals surface area contributed by atoms with E-state index in [2.05, 4.69) is 12.6 Å². The second-order valence-corrected chi connectivity index (χ2v) is 3.33. The number of ether oxygens (including phenoxy) is 1. The van der Waals surface area contributed by atoms with Crippen molar-refractivity contribution in [3.63, 3.8) is 0 Å². The van der Waals surface area contributed by atoms with E-state index >= 15 is 0 Å². The Balaban J connectivity index is 2.69. The van der Waals surface area contributed by atoms with Crippen molar-refractivity contribution < 1.29 is 14.5 Å². The molecule has 0 aromatic heterocycles. The van der Waals surface area contributed by atoms with Crippen molar-refractivity contribution in [2.24, 2.45) is 5.73 Å². The molecule has 2 N–H and O–H groups in total. The molecule has 0 fully saturated rings. The van der Waals surface area contributed by atoms with Crippen LogP contribution in [-0.2, 0) is 4.79 Å². The smallest absolute Gasteiger partial charge is 0.329 e. The fourth-order valence-electron chi connectivity index (χ4n) is 0.902. The number of nitro groups is 1. The largest absolute Gasteiger partial charge is 0.425 e. The van der Waals surface area contributed by atoms with E-state index < -0.39 is 16.9 Å². The number of nitrogens with two attached hydrogens (primary N) is 1. The van der Waals surface area contributed by atoms with Crippen molar-refractivity contribution in [1.82, 2.24) is 0 Å². The third-order valence-corrected chi connectivity index (χ3v) is 2.16. The Labute approximate surface area is 96.9 Å². The number of carbonyl (C=O) groups is 1. The van der Waals surface area contributed by atoms with Crippen molar-refractivity contribution >= 4 is 24.3 Å². The van der Waals surface area contributed by atoms with Gasteiger partial charge in [0.2, 0.25) is 0 Å². The highest BCUT2D eigenvalue weighted by atomic mass is 32.1. The van der Waals surface area contributed by atoms with E-state index in [4.69, 9.17) is 10.5 Å². The zero-order chi connectivity index (χ0) is 12.1. The monoisotopic (exact) mass is 242 g/mol. The van der Waals surface area contributed by atoms with Crippen LogP contribution in [0, 0.1) is 10.1 Å². The summed E-state index contributed by atoms with van der Waals surface area (Å²) in [6, 6.07) is 4.35. The molecule has 1 rings (SSSR count). The maximum atomic E-state index is 11.2. The van der Waals surface area contributed by atoms with E-state index in [-0.39, 0.29) is 17.2 Å². The normalized spacial score (nSPS) is 11.9. The third-order valence-electron chi connectivity index (χ3n) is 1.77. The number of non-ortho nitro benzene ring substituents is 1. The summed E-state index contributed by atoms with van der Waals surface area (Å²) in [6.07, 6.45) is 0. The molecule has 1 aromatic rings. The molecule has 0 radical (unpaired) electrons. The molecule has 1 atom stereocenters. The summed E-state index contributed by atoms with van der Waals surface area (Å²) in [5.41, 5.74) is 5.31. The highest BCUT2D eigenvalue weighted by molar-refractivity contribution is 7.80. The van der Waals surface area contributed by atoms with Gasteiger partial charge in [0.05, 0.1) is 4.92 Å². The summed E-state index contributed by atoms with van der Waals surface area (Å²) >= 11 is 3.85. The van der Waals surface area contributed by atoms with E-state index in [9.17, 15) is 14.9 Å². The van der Waals surface area contributed by atoms with E-state index in [1.54, 1.807) is 0 Å². The Bertz CT molecular complexity index is 393. The summed E-state index contributed by atoms with van der Waals surface area (Å²) in [5, 5.41) is 10.4. The Hall–Kier alpha value is -1.60. The minimum Gasteiger partial charge on any atom is -0.425 e. The Morgan fingerprint density at radius 1 is 1.50 bits per heavy atom. The molecule has 0 spiro atoms. The molecule has 86 valence electrons. The summed E-state index contributed by atoms with van der Waals surface area (Å²) in [4.78, 5) is 21.1. The van der Waals surface area contributed by atoms with Gasteiger partial charge in [0.15, 0.2) is 0 Å². The van der Waals surface area contributed by atoms with E-state index in [1.165, 1.54) is 24.3 Å². The molecule has 6 nitrogen and oxygen atoms in total. The minimum absolute atomic E-state index is 0.0710. The highest BCUT2D eigenvalue weighted by Crippen LogP contribution is 2.17. The first-order chi connectivity index (χ1) is 7.54. The van der Waals surface area contributed by atoms with Crippen LogP contribution in [0.5, 0.6) is 5.75 Å². The van der Waals surface area contributed by atoms with Gasteiger partial charge in [0, 0.05) is 17.9 Å². The van der Waals surface area contributed by atoms with Crippen molar-refractivity contribution in [3.8, 4) is 5.75 Å². The highest BCUT2D eigenvalue weighted by Gasteiger charge is 2.14. The maximum Gasteiger partial charge on any atom is 0.329 e. The van der Waals surface area contributed by atoms with Crippen LogP contribution in [-0.4, -0.2) is 22.7 Å². The zero-order valence-corrected chi connectivity index (χ0v) is 9.09. The standard InChI is InChI=1S/C9H10N2O4S/c10-8(5-16)9(12)15-7-3-1-6(2-4-7)11(13)14/h1-4,8,16H,5,10H2/t8-/m0/s1. The Kier molecular flexibility index (Phi) is 4.27. The number of nitro benzene ring substituents is 1. The van der Waals surface area contributed by atoms with Crippen LogP contribution in [0.2, 0.25) is 0 Å². The summed E-state index contributed by atoms with van der Waals surface area (Å²) in [5.74, 6) is -0.233. The van der Waals surface area contributed by atoms with Crippen molar-refractivity contribution in [2.45, 2.75) is 6.04 Å². The third kappa shape index (κ3) is 3.21. The van der Waals surface area contributed by atoms with Gasteiger partial charge in [-0.15, -0.1) is 0 Å². The lowest BCUT2D eigenvalue weighted by Gasteiger charge is -2.07. The zero-order valence-electron chi connectivity index (χ0n) is 8.20. The van der Waals surface area contributed by atoms with E-state index in [0.29, 0.717) is 0 Å². The lowest BCUT2D eigenvalue weighted by Crippen LogP contribution is -2.35. The molecule has 0 unspecified atom stereocenters. The first kappa shape index (κ1) is 12.5. The van der Waals surface area contributed by atoms with Crippen LogP contribution < -0.4 is 10.5 Å². The predicted octanol–water partition coefficient (Wildman–Crippen LogP) is 0.757. The number of hydrogen-bond donors (Lipinski definition) is 2. The topological polar surface area (TPSA) is 95.5 Å². The Morgan fingerprint density at radius 2 is 2.06 bits per heavy atom. The van der Waals surface area contributed by atoms with Gasteiger partial charge in [-0.25, -0.2) is 4.79 Å². The fraction of sp³-hybridized carbons (Fsp3) is 0.222. The van der Waals surface area contributed by atoms with Gasteiger partial charge < -0.3 is 10.5 Å². The van der Waals surface area contributed by atoms with Gasteiger partial charge in [0.25, 0.3) is 5.69 Å². The number of carbonyl (C=O) groups excluding carboxylic acids is 1. The molecule has 1 aromatic carbocycles. The van der Waals surface area contributed by atoms with Crippen LogP contribution in [0.15, 0.2) is 24.3 Å². The van der Waals surface area contributed by atoms with Crippen LogP contribution in [0.3, 0.4) is 0 Å². The van der Waals surface area contributed by atoms with Crippen LogP contribution in [0.1, 0.15) is 0 Å². The molecular formula is C9H10N2O4S. The quantitative estimate of drug-likeness (QED) is 0.267. The number of rotatable bonds is 4.